The number of hydrogen-bond acceptors (Lipinski definition) is 4. The van der Waals surface area contributed by atoms with Crippen molar-refractivity contribution in [3.63, 3.8) is 0 Å². The minimum atomic E-state index is -3.46. The van der Waals surface area contributed by atoms with Crippen molar-refractivity contribution in [3.8, 4) is 5.75 Å². The second-order valence-corrected chi connectivity index (χ2v) is 8.55. The van der Waals surface area contributed by atoms with Crippen LogP contribution in [0, 0.1) is 0 Å². The number of rotatable bonds is 8. The SMILES string of the molecule is O=S(=O)(N1CCCCC1)N(CCOc1ccccc1)C[C@H]1CCCO1. The van der Waals surface area contributed by atoms with Crippen LogP contribution < -0.4 is 4.74 Å². The van der Waals surface area contributed by atoms with Gasteiger partial charge in [0.15, 0.2) is 0 Å². The molecular formula is C18H28N2O4S. The molecule has 25 heavy (non-hydrogen) atoms. The normalized spacial score (nSPS) is 22.4. The zero-order valence-corrected chi connectivity index (χ0v) is 15.5. The zero-order chi connectivity index (χ0) is 17.5. The molecule has 7 heteroatoms. The van der Waals surface area contributed by atoms with Crippen molar-refractivity contribution < 1.29 is 17.9 Å². The monoisotopic (exact) mass is 368 g/mol. The summed E-state index contributed by atoms with van der Waals surface area (Å²) in [5.41, 5.74) is 0. The molecule has 0 radical (unpaired) electrons. The highest BCUT2D eigenvalue weighted by atomic mass is 32.2. The zero-order valence-electron chi connectivity index (χ0n) is 14.7. The summed E-state index contributed by atoms with van der Waals surface area (Å²) in [5.74, 6) is 0.759. The number of para-hydroxylation sites is 1. The van der Waals surface area contributed by atoms with Crippen LogP contribution in [0.15, 0.2) is 30.3 Å². The fourth-order valence-electron chi connectivity index (χ4n) is 3.36. The maximum absolute atomic E-state index is 13.1. The molecule has 0 amide bonds. The summed E-state index contributed by atoms with van der Waals surface area (Å²) in [5, 5.41) is 0. The largest absolute Gasteiger partial charge is 0.492 e. The van der Waals surface area contributed by atoms with Gasteiger partial charge in [-0.1, -0.05) is 24.6 Å². The second kappa shape index (κ2) is 8.98. The van der Waals surface area contributed by atoms with E-state index in [0.29, 0.717) is 32.8 Å². The molecule has 1 atom stereocenters. The van der Waals surface area contributed by atoms with Crippen molar-refractivity contribution >= 4 is 10.2 Å². The molecule has 2 aliphatic heterocycles. The first-order valence-corrected chi connectivity index (χ1v) is 10.6. The van der Waals surface area contributed by atoms with E-state index in [9.17, 15) is 8.42 Å². The van der Waals surface area contributed by atoms with Gasteiger partial charge in [-0.3, -0.25) is 0 Å². The molecule has 2 saturated heterocycles. The highest BCUT2D eigenvalue weighted by Crippen LogP contribution is 2.20. The molecule has 2 heterocycles. The molecule has 0 bridgehead atoms. The molecule has 1 aromatic carbocycles. The van der Waals surface area contributed by atoms with E-state index in [1.54, 1.807) is 8.61 Å². The first kappa shape index (κ1) is 18.6. The first-order chi connectivity index (χ1) is 12.2. The molecule has 3 rings (SSSR count). The summed E-state index contributed by atoms with van der Waals surface area (Å²) >= 11 is 0. The lowest BCUT2D eigenvalue weighted by atomic mass is 10.2. The average molecular weight is 368 g/mol. The molecule has 6 nitrogen and oxygen atoms in total. The number of ether oxygens (including phenoxy) is 2. The quantitative estimate of drug-likeness (QED) is 0.706. The molecule has 0 unspecified atom stereocenters. The smallest absolute Gasteiger partial charge is 0.282 e. The number of nitrogens with zero attached hydrogens (tertiary/aromatic N) is 2. The van der Waals surface area contributed by atoms with Gasteiger partial charge in [0.2, 0.25) is 0 Å². The standard InChI is InChI=1S/C18H28N2O4S/c21-25(22,19-11-5-2-6-12-19)20(16-18-10-7-14-23-18)13-15-24-17-8-3-1-4-9-17/h1,3-4,8-9,18H,2,5-7,10-16H2/t18-/m1/s1. The van der Waals surface area contributed by atoms with Crippen LogP contribution in [0.1, 0.15) is 32.1 Å². The van der Waals surface area contributed by atoms with Gasteiger partial charge in [0.1, 0.15) is 12.4 Å². The Balaban J connectivity index is 1.63. The van der Waals surface area contributed by atoms with Gasteiger partial charge >= 0.3 is 0 Å². The Labute approximate surface area is 150 Å². The highest BCUT2D eigenvalue weighted by Gasteiger charge is 2.33. The van der Waals surface area contributed by atoms with Crippen LogP contribution in [0.3, 0.4) is 0 Å². The fraction of sp³-hybridized carbons (Fsp3) is 0.667. The number of hydrogen-bond donors (Lipinski definition) is 0. The maximum Gasteiger partial charge on any atom is 0.282 e. The molecule has 0 saturated carbocycles. The van der Waals surface area contributed by atoms with Gasteiger partial charge in [-0.05, 0) is 37.8 Å². The van der Waals surface area contributed by atoms with Crippen molar-refractivity contribution in [1.82, 2.24) is 8.61 Å². The van der Waals surface area contributed by atoms with Crippen LogP contribution in [0.2, 0.25) is 0 Å². The van der Waals surface area contributed by atoms with Gasteiger partial charge in [-0.15, -0.1) is 0 Å². The lowest BCUT2D eigenvalue weighted by Crippen LogP contribution is -2.49. The van der Waals surface area contributed by atoms with E-state index in [4.69, 9.17) is 9.47 Å². The van der Waals surface area contributed by atoms with Gasteiger partial charge in [-0.25, -0.2) is 0 Å². The molecule has 1 aromatic rings. The second-order valence-electron chi connectivity index (χ2n) is 6.62. The van der Waals surface area contributed by atoms with E-state index >= 15 is 0 Å². The highest BCUT2D eigenvalue weighted by molar-refractivity contribution is 7.86. The van der Waals surface area contributed by atoms with Crippen LogP contribution in [0.4, 0.5) is 0 Å². The molecule has 0 aliphatic carbocycles. The summed E-state index contributed by atoms with van der Waals surface area (Å²) in [7, 11) is -3.46. The number of benzene rings is 1. The van der Waals surface area contributed by atoms with Crippen LogP contribution in [0.25, 0.3) is 0 Å². The molecule has 0 spiro atoms. The van der Waals surface area contributed by atoms with E-state index in [1.165, 1.54) is 0 Å². The summed E-state index contributed by atoms with van der Waals surface area (Å²) < 4.78 is 40.7. The Bertz CT molecular complexity index is 611. The van der Waals surface area contributed by atoms with Crippen molar-refractivity contribution in [2.45, 2.75) is 38.2 Å². The Morgan fingerprint density at radius 1 is 1.12 bits per heavy atom. The number of piperidine rings is 1. The van der Waals surface area contributed by atoms with Crippen LogP contribution in [-0.2, 0) is 14.9 Å². The molecular weight excluding hydrogens is 340 g/mol. The Morgan fingerprint density at radius 2 is 1.88 bits per heavy atom. The minimum absolute atomic E-state index is 0.00343. The molecule has 140 valence electrons. The Morgan fingerprint density at radius 3 is 2.56 bits per heavy atom. The van der Waals surface area contributed by atoms with Crippen LogP contribution >= 0.6 is 0 Å². The van der Waals surface area contributed by atoms with Crippen molar-refractivity contribution in [2.75, 3.05) is 39.4 Å². The van der Waals surface area contributed by atoms with Gasteiger partial charge < -0.3 is 9.47 Å². The van der Waals surface area contributed by atoms with Crippen LogP contribution in [-0.4, -0.2) is 62.5 Å². The van der Waals surface area contributed by atoms with E-state index in [1.807, 2.05) is 30.3 Å². The summed E-state index contributed by atoms with van der Waals surface area (Å²) in [6, 6.07) is 9.50. The van der Waals surface area contributed by atoms with Gasteiger partial charge in [0.05, 0.1) is 6.10 Å². The summed E-state index contributed by atoms with van der Waals surface area (Å²) in [4.78, 5) is 0. The Hall–Kier alpha value is -1.15. The predicted molar refractivity (Wildman–Crippen MR) is 96.8 cm³/mol. The molecule has 0 aromatic heterocycles. The van der Waals surface area contributed by atoms with Crippen molar-refractivity contribution in [2.24, 2.45) is 0 Å². The van der Waals surface area contributed by atoms with E-state index < -0.39 is 10.2 Å². The van der Waals surface area contributed by atoms with Crippen LogP contribution in [0.5, 0.6) is 5.75 Å². The molecule has 2 aliphatic rings. The third-order valence-electron chi connectivity index (χ3n) is 4.75. The van der Waals surface area contributed by atoms with Gasteiger partial charge in [0, 0.05) is 32.8 Å². The van der Waals surface area contributed by atoms with E-state index in [-0.39, 0.29) is 6.10 Å². The molecule has 0 N–H and O–H groups in total. The van der Waals surface area contributed by atoms with Gasteiger partial charge in [0.25, 0.3) is 10.2 Å². The first-order valence-electron chi connectivity index (χ1n) is 9.21. The maximum atomic E-state index is 13.1. The van der Waals surface area contributed by atoms with E-state index in [0.717, 1.165) is 44.5 Å². The third kappa shape index (κ3) is 5.17. The topological polar surface area (TPSA) is 59.1 Å². The summed E-state index contributed by atoms with van der Waals surface area (Å²) in [6.45, 7) is 3.05. The van der Waals surface area contributed by atoms with Gasteiger partial charge in [-0.2, -0.15) is 17.0 Å². The van der Waals surface area contributed by atoms with E-state index in [2.05, 4.69) is 0 Å². The molecule has 2 fully saturated rings. The van der Waals surface area contributed by atoms with Crippen molar-refractivity contribution in [1.29, 1.82) is 0 Å². The lowest BCUT2D eigenvalue weighted by molar-refractivity contribution is 0.0889. The Kier molecular flexibility index (Phi) is 6.70. The fourth-order valence-corrected chi connectivity index (χ4v) is 5.06. The lowest BCUT2D eigenvalue weighted by Gasteiger charge is -2.33. The predicted octanol–water partition coefficient (Wildman–Crippen LogP) is 2.28. The summed E-state index contributed by atoms with van der Waals surface area (Å²) in [6.07, 6.45) is 4.90. The van der Waals surface area contributed by atoms with Crippen molar-refractivity contribution in [3.05, 3.63) is 30.3 Å². The third-order valence-corrected chi connectivity index (χ3v) is 6.75. The average Bonchev–Trinajstić information content (AvgIpc) is 3.16. The minimum Gasteiger partial charge on any atom is -0.492 e.